The van der Waals surface area contributed by atoms with Crippen molar-refractivity contribution in [1.29, 1.82) is 0 Å². The highest BCUT2D eigenvalue weighted by atomic mass is 16.5. The molecule has 1 fully saturated rings. The highest BCUT2D eigenvalue weighted by Crippen LogP contribution is 2.20. The van der Waals surface area contributed by atoms with E-state index in [1.54, 1.807) is 0 Å². The summed E-state index contributed by atoms with van der Waals surface area (Å²) in [6.45, 7) is 14.7. The van der Waals surface area contributed by atoms with Crippen LogP contribution < -0.4 is 4.74 Å². The molecule has 27 heavy (non-hydrogen) atoms. The molecule has 1 aromatic carbocycles. The van der Waals surface area contributed by atoms with E-state index in [0.717, 1.165) is 25.3 Å². The molecule has 0 spiro atoms. The number of hydrogen-bond acceptors (Lipinski definition) is 5. The van der Waals surface area contributed by atoms with Crippen LogP contribution in [0, 0.1) is 0 Å². The smallest absolute Gasteiger partial charge is 0.414 e. The third-order valence-corrected chi connectivity index (χ3v) is 4.51. The maximum absolute atomic E-state index is 9.10. The number of carboxylic acid groups (broad SMARTS) is 2. The summed E-state index contributed by atoms with van der Waals surface area (Å²) in [6, 6.07) is 8.50. The molecular weight excluding hydrogens is 348 g/mol. The molecule has 0 amide bonds. The molecule has 0 saturated carbocycles. The maximum Gasteiger partial charge on any atom is 0.414 e. The molecule has 1 heterocycles. The van der Waals surface area contributed by atoms with Crippen molar-refractivity contribution in [3.8, 4) is 5.75 Å². The average Bonchev–Trinajstić information content (AvgIpc) is 2.66. The molecule has 2 N–H and O–H groups in total. The fraction of sp³-hybridized carbons (Fsp3) is 0.600. The number of piperazine rings is 1. The Bertz CT molecular complexity index is 571. The monoisotopic (exact) mass is 380 g/mol. The molecular formula is C20H32N2O5. The number of carboxylic acids is 2. The molecule has 0 aliphatic carbocycles. The lowest BCUT2D eigenvalue weighted by Crippen LogP contribution is -2.46. The van der Waals surface area contributed by atoms with Crippen molar-refractivity contribution >= 4 is 11.9 Å². The van der Waals surface area contributed by atoms with Crippen LogP contribution in [-0.2, 0) is 9.59 Å². The molecule has 7 heteroatoms. The number of ether oxygens (including phenoxy) is 1. The predicted molar refractivity (Wildman–Crippen MR) is 104 cm³/mol. The van der Waals surface area contributed by atoms with E-state index in [-0.39, 0.29) is 0 Å². The highest BCUT2D eigenvalue weighted by molar-refractivity contribution is 6.27. The van der Waals surface area contributed by atoms with Crippen molar-refractivity contribution in [3.05, 3.63) is 29.8 Å². The first kappa shape index (κ1) is 22.9. The first-order chi connectivity index (χ1) is 12.8. The Morgan fingerprint density at radius 3 is 2.19 bits per heavy atom. The van der Waals surface area contributed by atoms with Gasteiger partial charge < -0.3 is 24.7 Å². The van der Waals surface area contributed by atoms with Crippen LogP contribution in [0.25, 0.3) is 0 Å². The molecule has 0 aromatic heterocycles. The summed E-state index contributed by atoms with van der Waals surface area (Å²) in [7, 11) is 0. The van der Waals surface area contributed by atoms with Gasteiger partial charge in [0.15, 0.2) is 0 Å². The second-order valence-corrected chi connectivity index (χ2v) is 6.82. The number of benzene rings is 1. The lowest BCUT2D eigenvalue weighted by atomic mass is 10.0. The Balaban J connectivity index is 0.000000527. The number of rotatable bonds is 7. The van der Waals surface area contributed by atoms with Crippen LogP contribution in [0.2, 0.25) is 0 Å². The van der Waals surface area contributed by atoms with Crippen LogP contribution in [-0.4, -0.2) is 77.8 Å². The Morgan fingerprint density at radius 2 is 1.67 bits per heavy atom. The van der Waals surface area contributed by atoms with Crippen LogP contribution in [0.4, 0.5) is 0 Å². The van der Waals surface area contributed by atoms with E-state index in [9.17, 15) is 0 Å². The molecule has 0 bridgehead atoms. The fourth-order valence-electron chi connectivity index (χ4n) is 2.77. The van der Waals surface area contributed by atoms with Gasteiger partial charge >= 0.3 is 11.9 Å². The van der Waals surface area contributed by atoms with Gasteiger partial charge in [-0.25, -0.2) is 9.59 Å². The summed E-state index contributed by atoms with van der Waals surface area (Å²) in [5, 5.41) is 14.8. The summed E-state index contributed by atoms with van der Waals surface area (Å²) in [5.74, 6) is -2.08. The second-order valence-electron chi connectivity index (χ2n) is 6.82. The number of carbonyl (C=O) groups is 2. The second kappa shape index (κ2) is 12.3. The summed E-state index contributed by atoms with van der Waals surface area (Å²) in [4.78, 5) is 23.3. The van der Waals surface area contributed by atoms with Gasteiger partial charge in [-0.1, -0.05) is 32.9 Å². The van der Waals surface area contributed by atoms with Gasteiger partial charge in [0.2, 0.25) is 0 Å². The Kier molecular flexibility index (Phi) is 10.4. The van der Waals surface area contributed by atoms with Crippen LogP contribution in [0.1, 0.15) is 38.7 Å². The van der Waals surface area contributed by atoms with Crippen LogP contribution in [0.5, 0.6) is 5.75 Å². The van der Waals surface area contributed by atoms with E-state index in [1.807, 2.05) is 0 Å². The topological polar surface area (TPSA) is 90.3 Å². The SMILES string of the molecule is CCN1CCN(CCCOc2cccc(C(C)C)c2)CC1.O=C(O)C(=O)O. The standard InChI is InChI=1S/C18H30N2O.C2H2O4/c1-4-19-10-12-20(13-11-19)9-6-14-21-18-8-5-7-17(15-18)16(2)3;3-1(4)2(5)6/h5,7-8,15-16H,4,6,9-14H2,1-3H3;(H,3,4)(H,5,6). The Hall–Kier alpha value is -2.12. The molecule has 1 aliphatic heterocycles. The fourth-order valence-corrected chi connectivity index (χ4v) is 2.77. The number of hydrogen-bond donors (Lipinski definition) is 2. The molecule has 7 nitrogen and oxygen atoms in total. The summed E-state index contributed by atoms with van der Waals surface area (Å²) < 4.78 is 5.89. The molecule has 0 unspecified atom stereocenters. The third kappa shape index (κ3) is 9.40. The first-order valence-electron chi connectivity index (χ1n) is 9.47. The average molecular weight is 380 g/mol. The minimum absolute atomic E-state index is 0.559. The minimum atomic E-state index is -1.82. The van der Waals surface area contributed by atoms with Crippen molar-refractivity contribution in [3.63, 3.8) is 0 Å². The van der Waals surface area contributed by atoms with E-state index in [4.69, 9.17) is 24.5 Å². The number of aliphatic carboxylic acids is 2. The van der Waals surface area contributed by atoms with Gasteiger partial charge in [0.05, 0.1) is 6.61 Å². The molecule has 1 aromatic rings. The van der Waals surface area contributed by atoms with Gasteiger partial charge in [-0.05, 0) is 36.6 Å². The van der Waals surface area contributed by atoms with Crippen molar-refractivity contribution in [2.24, 2.45) is 0 Å². The molecule has 0 atom stereocenters. The Morgan fingerprint density at radius 1 is 1.07 bits per heavy atom. The minimum Gasteiger partial charge on any atom is -0.494 e. The van der Waals surface area contributed by atoms with Crippen molar-refractivity contribution < 1.29 is 24.5 Å². The zero-order chi connectivity index (χ0) is 20.2. The summed E-state index contributed by atoms with van der Waals surface area (Å²) in [5.41, 5.74) is 1.35. The van der Waals surface area contributed by atoms with Crippen LogP contribution in [0.15, 0.2) is 24.3 Å². The number of likely N-dealkylation sites (N-methyl/N-ethyl adjacent to an activating group) is 1. The van der Waals surface area contributed by atoms with Crippen molar-refractivity contribution in [2.45, 2.75) is 33.1 Å². The van der Waals surface area contributed by atoms with Crippen LogP contribution >= 0.6 is 0 Å². The molecule has 1 saturated heterocycles. The van der Waals surface area contributed by atoms with Crippen molar-refractivity contribution in [2.75, 3.05) is 45.9 Å². The summed E-state index contributed by atoms with van der Waals surface area (Å²) in [6.07, 6.45) is 1.11. The van der Waals surface area contributed by atoms with Gasteiger partial charge in [0.25, 0.3) is 0 Å². The zero-order valence-corrected chi connectivity index (χ0v) is 16.6. The van der Waals surface area contributed by atoms with E-state index in [1.165, 1.54) is 38.3 Å². The molecule has 2 rings (SSSR count). The lowest BCUT2D eigenvalue weighted by molar-refractivity contribution is -0.159. The zero-order valence-electron chi connectivity index (χ0n) is 16.6. The van der Waals surface area contributed by atoms with E-state index in [2.05, 4.69) is 54.8 Å². The van der Waals surface area contributed by atoms with E-state index in [0.29, 0.717) is 5.92 Å². The number of nitrogens with zero attached hydrogens (tertiary/aromatic N) is 2. The normalized spacial score (nSPS) is 15.1. The summed E-state index contributed by atoms with van der Waals surface area (Å²) >= 11 is 0. The maximum atomic E-state index is 9.10. The largest absolute Gasteiger partial charge is 0.494 e. The van der Waals surface area contributed by atoms with Gasteiger partial charge in [-0.3, -0.25) is 0 Å². The predicted octanol–water partition coefficient (Wildman–Crippen LogP) is 2.37. The van der Waals surface area contributed by atoms with E-state index >= 15 is 0 Å². The quantitative estimate of drug-likeness (QED) is 0.554. The van der Waals surface area contributed by atoms with Gasteiger partial charge in [0.1, 0.15) is 5.75 Å². The van der Waals surface area contributed by atoms with Gasteiger partial charge in [-0.15, -0.1) is 0 Å². The van der Waals surface area contributed by atoms with Crippen molar-refractivity contribution in [1.82, 2.24) is 9.80 Å². The highest BCUT2D eigenvalue weighted by Gasteiger charge is 2.14. The first-order valence-corrected chi connectivity index (χ1v) is 9.47. The van der Waals surface area contributed by atoms with Gasteiger partial charge in [-0.2, -0.15) is 0 Å². The van der Waals surface area contributed by atoms with Crippen LogP contribution in [0.3, 0.4) is 0 Å². The molecule has 152 valence electrons. The Labute approximate surface area is 161 Å². The van der Waals surface area contributed by atoms with Gasteiger partial charge in [0, 0.05) is 32.7 Å². The molecule has 0 radical (unpaired) electrons. The van der Waals surface area contributed by atoms with E-state index < -0.39 is 11.9 Å². The third-order valence-electron chi connectivity index (χ3n) is 4.51. The lowest BCUT2D eigenvalue weighted by Gasteiger charge is -2.33. The molecule has 1 aliphatic rings.